The highest BCUT2D eigenvalue weighted by Gasteiger charge is 2.06. The molecule has 0 radical (unpaired) electrons. The van der Waals surface area contributed by atoms with Crippen LogP contribution in [0, 0.1) is 0 Å². The number of aliphatic imine (C=N–C) groups is 1. The van der Waals surface area contributed by atoms with Gasteiger partial charge in [0.15, 0.2) is 5.96 Å². The molecule has 142 valence electrons. The second-order valence-electron chi connectivity index (χ2n) is 6.20. The van der Waals surface area contributed by atoms with Gasteiger partial charge >= 0.3 is 0 Å². The second-order valence-corrected chi connectivity index (χ2v) is 6.20. The molecule has 1 aromatic carbocycles. The van der Waals surface area contributed by atoms with Crippen LogP contribution in [0.5, 0.6) is 5.75 Å². The van der Waals surface area contributed by atoms with Gasteiger partial charge in [-0.25, -0.2) is 0 Å². The predicted molar refractivity (Wildman–Crippen MR) is 106 cm³/mol. The summed E-state index contributed by atoms with van der Waals surface area (Å²) in [6.45, 7) is 7.82. The smallest absolute Gasteiger partial charge is 0.191 e. The molecule has 0 aliphatic carbocycles. The van der Waals surface area contributed by atoms with Crippen molar-refractivity contribution in [1.82, 2.24) is 10.6 Å². The molecule has 0 heterocycles. The Morgan fingerprint density at radius 1 is 1.08 bits per heavy atom. The number of benzene rings is 1. The highest BCUT2D eigenvalue weighted by Crippen LogP contribution is 2.21. The van der Waals surface area contributed by atoms with Crippen molar-refractivity contribution in [2.75, 3.05) is 40.5 Å². The van der Waals surface area contributed by atoms with Crippen molar-refractivity contribution in [3.05, 3.63) is 29.8 Å². The van der Waals surface area contributed by atoms with Gasteiger partial charge in [0.2, 0.25) is 0 Å². The molecular formula is C20H35N3O2. The van der Waals surface area contributed by atoms with Gasteiger partial charge in [-0.2, -0.15) is 0 Å². The lowest BCUT2D eigenvalue weighted by atomic mass is 9.98. The lowest BCUT2D eigenvalue weighted by molar-refractivity contribution is 0.192. The largest absolute Gasteiger partial charge is 0.497 e. The molecule has 0 aliphatic rings. The lowest BCUT2D eigenvalue weighted by Gasteiger charge is -2.15. The molecule has 5 nitrogen and oxygen atoms in total. The van der Waals surface area contributed by atoms with Gasteiger partial charge < -0.3 is 20.1 Å². The van der Waals surface area contributed by atoms with E-state index in [1.165, 1.54) is 5.56 Å². The monoisotopic (exact) mass is 349 g/mol. The van der Waals surface area contributed by atoms with Crippen molar-refractivity contribution in [3.8, 4) is 5.75 Å². The van der Waals surface area contributed by atoms with Crippen LogP contribution in [0.3, 0.4) is 0 Å². The van der Waals surface area contributed by atoms with Gasteiger partial charge in [0.05, 0.1) is 7.11 Å². The van der Waals surface area contributed by atoms with Crippen molar-refractivity contribution >= 4 is 5.96 Å². The molecule has 0 amide bonds. The average molecular weight is 350 g/mol. The Kier molecular flexibility index (Phi) is 11.5. The number of rotatable bonds is 12. The lowest BCUT2D eigenvalue weighted by Crippen LogP contribution is -2.38. The molecule has 0 bridgehead atoms. The van der Waals surface area contributed by atoms with Crippen LogP contribution in [-0.2, 0) is 4.74 Å². The van der Waals surface area contributed by atoms with Crippen LogP contribution < -0.4 is 15.4 Å². The molecule has 0 fully saturated rings. The summed E-state index contributed by atoms with van der Waals surface area (Å²) in [5, 5.41) is 6.75. The molecule has 1 rings (SSSR count). The zero-order valence-electron chi connectivity index (χ0n) is 16.3. The maximum atomic E-state index is 5.21. The third kappa shape index (κ3) is 9.34. The van der Waals surface area contributed by atoms with Gasteiger partial charge in [-0.05, 0) is 56.2 Å². The van der Waals surface area contributed by atoms with E-state index < -0.39 is 0 Å². The minimum Gasteiger partial charge on any atom is -0.497 e. The maximum absolute atomic E-state index is 5.21. The zero-order chi connectivity index (χ0) is 18.3. The molecule has 2 N–H and O–H groups in total. The van der Waals surface area contributed by atoms with E-state index in [1.54, 1.807) is 14.2 Å². The Morgan fingerprint density at radius 3 is 2.48 bits per heavy atom. The second kappa shape index (κ2) is 13.5. The molecule has 0 spiro atoms. The Balaban J connectivity index is 2.32. The normalized spacial score (nSPS) is 12.7. The summed E-state index contributed by atoms with van der Waals surface area (Å²) in [5.41, 5.74) is 1.34. The first-order chi connectivity index (χ1) is 12.2. The molecule has 5 heteroatoms. The molecule has 0 saturated carbocycles. The first-order valence-electron chi connectivity index (χ1n) is 9.36. The number of nitrogens with one attached hydrogen (secondary N) is 2. The molecule has 1 atom stereocenters. The van der Waals surface area contributed by atoms with Crippen LogP contribution in [0.2, 0.25) is 0 Å². The van der Waals surface area contributed by atoms with Crippen LogP contribution in [0.25, 0.3) is 0 Å². The number of guanidine groups is 1. The number of hydrogen-bond donors (Lipinski definition) is 2. The summed E-state index contributed by atoms with van der Waals surface area (Å²) >= 11 is 0. The summed E-state index contributed by atoms with van der Waals surface area (Å²) in [4.78, 5) is 4.64. The Labute approximate surface area is 153 Å². The van der Waals surface area contributed by atoms with Crippen LogP contribution in [0.15, 0.2) is 29.3 Å². The Bertz CT molecular complexity index is 474. The van der Waals surface area contributed by atoms with Crippen molar-refractivity contribution in [2.24, 2.45) is 4.99 Å². The minimum absolute atomic E-state index is 0.496. The van der Waals surface area contributed by atoms with E-state index in [1.807, 2.05) is 12.1 Å². The SMILES string of the molecule is CCNC(=NCCCCCOC)NCCC(C)c1ccc(OC)cc1. The van der Waals surface area contributed by atoms with Gasteiger partial charge in [0.1, 0.15) is 5.75 Å². The molecule has 0 aromatic heterocycles. The minimum atomic E-state index is 0.496. The fourth-order valence-corrected chi connectivity index (χ4v) is 2.57. The van der Waals surface area contributed by atoms with E-state index in [-0.39, 0.29) is 0 Å². The third-order valence-corrected chi connectivity index (χ3v) is 4.18. The van der Waals surface area contributed by atoms with Crippen molar-refractivity contribution < 1.29 is 9.47 Å². The number of methoxy groups -OCH3 is 2. The topological polar surface area (TPSA) is 54.9 Å². The van der Waals surface area contributed by atoms with E-state index in [4.69, 9.17) is 9.47 Å². The van der Waals surface area contributed by atoms with Crippen molar-refractivity contribution in [1.29, 1.82) is 0 Å². The Hall–Kier alpha value is -1.75. The first-order valence-corrected chi connectivity index (χ1v) is 9.36. The van der Waals surface area contributed by atoms with Gasteiger partial charge in [-0.15, -0.1) is 0 Å². The highest BCUT2D eigenvalue weighted by atomic mass is 16.5. The highest BCUT2D eigenvalue weighted by molar-refractivity contribution is 5.79. The van der Waals surface area contributed by atoms with Gasteiger partial charge in [0, 0.05) is 33.4 Å². The summed E-state index contributed by atoms with van der Waals surface area (Å²) in [6.07, 6.45) is 4.42. The van der Waals surface area contributed by atoms with Crippen molar-refractivity contribution in [3.63, 3.8) is 0 Å². The number of hydrogen-bond acceptors (Lipinski definition) is 3. The van der Waals surface area contributed by atoms with Gasteiger partial charge in [-0.3, -0.25) is 4.99 Å². The van der Waals surface area contributed by atoms with Gasteiger partial charge in [-0.1, -0.05) is 19.1 Å². The fraction of sp³-hybridized carbons (Fsp3) is 0.650. The van der Waals surface area contributed by atoms with Crippen LogP contribution in [-0.4, -0.2) is 46.4 Å². The standard InChI is InChI=1S/C20H35N3O2/c1-5-21-20(22-14-7-6-8-16-24-3)23-15-13-17(2)18-9-11-19(25-4)12-10-18/h9-12,17H,5-8,13-16H2,1-4H3,(H2,21,22,23). The molecule has 0 aliphatic heterocycles. The summed E-state index contributed by atoms with van der Waals surface area (Å²) in [7, 11) is 3.44. The third-order valence-electron chi connectivity index (χ3n) is 4.18. The van der Waals surface area contributed by atoms with Gasteiger partial charge in [0.25, 0.3) is 0 Å². The summed E-state index contributed by atoms with van der Waals surface area (Å²) < 4.78 is 10.3. The summed E-state index contributed by atoms with van der Waals surface area (Å²) in [5.74, 6) is 2.31. The molecule has 0 saturated heterocycles. The van der Waals surface area contributed by atoms with Crippen LogP contribution in [0.1, 0.15) is 51.0 Å². The first kappa shape index (κ1) is 21.3. The fourth-order valence-electron chi connectivity index (χ4n) is 2.57. The predicted octanol–water partition coefficient (Wildman–Crippen LogP) is 3.56. The number of ether oxygens (including phenoxy) is 2. The van der Waals surface area contributed by atoms with E-state index in [0.717, 1.165) is 63.6 Å². The van der Waals surface area contributed by atoms with E-state index in [2.05, 4.69) is 41.6 Å². The van der Waals surface area contributed by atoms with Crippen LogP contribution in [0.4, 0.5) is 0 Å². The number of nitrogens with zero attached hydrogens (tertiary/aromatic N) is 1. The number of unbranched alkanes of at least 4 members (excludes halogenated alkanes) is 2. The van der Waals surface area contributed by atoms with E-state index in [0.29, 0.717) is 5.92 Å². The van der Waals surface area contributed by atoms with E-state index >= 15 is 0 Å². The Morgan fingerprint density at radius 2 is 1.84 bits per heavy atom. The van der Waals surface area contributed by atoms with E-state index in [9.17, 15) is 0 Å². The molecule has 25 heavy (non-hydrogen) atoms. The van der Waals surface area contributed by atoms with Crippen molar-refractivity contribution in [2.45, 2.75) is 45.4 Å². The van der Waals surface area contributed by atoms with Crippen LogP contribution >= 0.6 is 0 Å². The summed E-state index contributed by atoms with van der Waals surface area (Å²) in [6, 6.07) is 8.33. The quantitative estimate of drug-likeness (QED) is 0.344. The maximum Gasteiger partial charge on any atom is 0.191 e. The molecular weight excluding hydrogens is 314 g/mol. The average Bonchev–Trinajstić information content (AvgIpc) is 2.64. The zero-order valence-corrected chi connectivity index (χ0v) is 16.3. The molecule has 1 unspecified atom stereocenters. The molecule has 1 aromatic rings.